The summed E-state index contributed by atoms with van der Waals surface area (Å²) in [5, 5.41) is 17.5. The van der Waals surface area contributed by atoms with Gasteiger partial charge < -0.3 is 15.3 Å². The molecule has 1 aromatic carbocycles. The standard InChI is InChI=1S/C20H31N5O.HI/c1-6-21-20(22-11-10-16-8-7-9-18(26)12-16)24(4)13-17-14-25(5)23-19(17)15(2)3;/h7-9,12,14-15,26H,6,10-11,13H2,1-5H3,(H,21,22);1H. The van der Waals surface area contributed by atoms with E-state index in [-0.39, 0.29) is 24.0 Å². The number of phenols is 1. The predicted octanol–water partition coefficient (Wildman–Crippen LogP) is 3.51. The van der Waals surface area contributed by atoms with E-state index in [1.54, 1.807) is 12.1 Å². The number of aryl methyl sites for hydroxylation is 1. The van der Waals surface area contributed by atoms with Crippen molar-refractivity contribution < 1.29 is 5.11 Å². The van der Waals surface area contributed by atoms with Crippen molar-refractivity contribution in [2.45, 2.75) is 39.7 Å². The molecule has 2 N–H and O–H groups in total. The minimum Gasteiger partial charge on any atom is -0.508 e. The van der Waals surface area contributed by atoms with Crippen LogP contribution < -0.4 is 5.32 Å². The van der Waals surface area contributed by atoms with Gasteiger partial charge in [0.05, 0.1) is 5.69 Å². The Morgan fingerprint density at radius 2 is 2.11 bits per heavy atom. The van der Waals surface area contributed by atoms with Crippen LogP contribution in [0.4, 0.5) is 0 Å². The smallest absolute Gasteiger partial charge is 0.193 e. The van der Waals surface area contributed by atoms with Crippen LogP contribution in [-0.4, -0.2) is 45.9 Å². The predicted molar refractivity (Wildman–Crippen MR) is 122 cm³/mol. The summed E-state index contributed by atoms with van der Waals surface area (Å²) in [6.45, 7) is 8.65. The fourth-order valence-electron chi connectivity index (χ4n) is 2.97. The number of nitrogens with one attached hydrogen (secondary N) is 1. The Hall–Kier alpha value is -1.77. The van der Waals surface area contributed by atoms with Gasteiger partial charge in [-0.25, -0.2) is 0 Å². The molecule has 0 bridgehead atoms. The van der Waals surface area contributed by atoms with Crippen molar-refractivity contribution in [3.63, 3.8) is 0 Å². The van der Waals surface area contributed by atoms with Crippen LogP contribution in [-0.2, 0) is 20.0 Å². The molecule has 0 spiro atoms. The van der Waals surface area contributed by atoms with Gasteiger partial charge in [-0.1, -0.05) is 26.0 Å². The summed E-state index contributed by atoms with van der Waals surface area (Å²) in [7, 11) is 4.01. The normalized spacial score (nSPS) is 11.4. The topological polar surface area (TPSA) is 65.7 Å². The van der Waals surface area contributed by atoms with Crippen molar-refractivity contribution in [3.8, 4) is 5.75 Å². The fourth-order valence-corrected chi connectivity index (χ4v) is 2.97. The van der Waals surface area contributed by atoms with E-state index in [0.29, 0.717) is 18.2 Å². The van der Waals surface area contributed by atoms with Gasteiger partial charge in [-0.15, -0.1) is 24.0 Å². The van der Waals surface area contributed by atoms with E-state index >= 15 is 0 Å². The van der Waals surface area contributed by atoms with Gasteiger partial charge in [0.2, 0.25) is 0 Å². The van der Waals surface area contributed by atoms with Crippen LogP contribution in [0.25, 0.3) is 0 Å². The largest absolute Gasteiger partial charge is 0.508 e. The number of aromatic hydroxyl groups is 1. The number of nitrogens with zero attached hydrogens (tertiary/aromatic N) is 4. The molecule has 0 aliphatic carbocycles. The number of aromatic nitrogens is 2. The Morgan fingerprint density at radius 3 is 2.74 bits per heavy atom. The summed E-state index contributed by atoms with van der Waals surface area (Å²) < 4.78 is 1.88. The summed E-state index contributed by atoms with van der Waals surface area (Å²) in [6.07, 6.45) is 2.88. The van der Waals surface area contributed by atoms with Crippen molar-refractivity contribution >= 4 is 29.9 Å². The molecule has 2 rings (SSSR count). The van der Waals surface area contributed by atoms with E-state index in [2.05, 4.69) is 42.3 Å². The molecule has 0 aliphatic heterocycles. The molecular weight excluding hydrogens is 453 g/mol. The number of benzene rings is 1. The molecule has 2 aromatic rings. The molecular formula is C20H32IN5O. The first kappa shape index (κ1) is 23.3. The molecule has 0 fully saturated rings. The molecule has 0 aliphatic rings. The number of aliphatic imine (C=N–C) groups is 1. The van der Waals surface area contributed by atoms with Crippen LogP contribution in [0.2, 0.25) is 0 Å². The molecule has 0 atom stereocenters. The Balaban J connectivity index is 0.00000364. The second kappa shape index (κ2) is 11.2. The highest BCUT2D eigenvalue weighted by Gasteiger charge is 2.15. The lowest BCUT2D eigenvalue weighted by Gasteiger charge is -2.22. The molecule has 27 heavy (non-hydrogen) atoms. The Labute approximate surface area is 179 Å². The summed E-state index contributed by atoms with van der Waals surface area (Å²) in [5.41, 5.74) is 3.44. The Morgan fingerprint density at radius 1 is 1.37 bits per heavy atom. The molecule has 0 unspecified atom stereocenters. The zero-order valence-electron chi connectivity index (χ0n) is 16.9. The van der Waals surface area contributed by atoms with Crippen LogP contribution in [0, 0.1) is 0 Å². The lowest BCUT2D eigenvalue weighted by atomic mass is 10.1. The summed E-state index contributed by atoms with van der Waals surface area (Å²) in [5.74, 6) is 1.57. The second-order valence-corrected chi connectivity index (χ2v) is 6.88. The summed E-state index contributed by atoms with van der Waals surface area (Å²) >= 11 is 0. The minimum absolute atomic E-state index is 0. The molecule has 6 nitrogen and oxygen atoms in total. The summed E-state index contributed by atoms with van der Waals surface area (Å²) in [4.78, 5) is 6.87. The average molecular weight is 485 g/mol. The van der Waals surface area contributed by atoms with Crippen molar-refractivity contribution in [1.82, 2.24) is 20.0 Å². The second-order valence-electron chi connectivity index (χ2n) is 6.88. The van der Waals surface area contributed by atoms with Crippen LogP contribution in [0.1, 0.15) is 43.5 Å². The number of rotatable bonds is 7. The van der Waals surface area contributed by atoms with Crippen molar-refractivity contribution in [2.24, 2.45) is 12.0 Å². The van der Waals surface area contributed by atoms with Crippen LogP contribution >= 0.6 is 24.0 Å². The van der Waals surface area contributed by atoms with E-state index in [4.69, 9.17) is 4.99 Å². The maximum atomic E-state index is 9.57. The number of hydrogen-bond acceptors (Lipinski definition) is 3. The van der Waals surface area contributed by atoms with Gasteiger partial charge in [-0.3, -0.25) is 9.67 Å². The first-order chi connectivity index (χ1) is 12.4. The van der Waals surface area contributed by atoms with Gasteiger partial charge in [-0.05, 0) is 37.0 Å². The molecule has 0 radical (unpaired) electrons. The maximum Gasteiger partial charge on any atom is 0.193 e. The van der Waals surface area contributed by atoms with E-state index in [9.17, 15) is 5.11 Å². The Kier molecular flexibility index (Phi) is 9.62. The lowest BCUT2D eigenvalue weighted by molar-refractivity contribution is 0.472. The molecule has 0 saturated heterocycles. The van der Waals surface area contributed by atoms with Crippen LogP contribution in [0.15, 0.2) is 35.5 Å². The average Bonchev–Trinajstić information content (AvgIpc) is 2.94. The zero-order chi connectivity index (χ0) is 19.1. The molecule has 1 heterocycles. The van der Waals surface area contributed by atoms with Crippen LogP contribution in [0.5, 0.6) is 5.75 Å². The fraction of sp³-hybridized carbons (Fsp3) is 0.500. The number of halogens is 1. The third kappa shape index (κ3) is 7.04. The number of phenolic OH excluding ortho intramolecular Hbond substituents is 1. The lowest BCUT2D eigenvalue weighted by Crippen LogP contribution is -2.38. The third-order valence-electron chi connectivity index (χ3n) is 4.16. The highest BCUT2D eigenvalue weighted by molar-refractivity contribution is 14.0. The molecule has 150 valence electrons. The monoisotopic (exact) mass is 485 g/mol. The highest BCUT2D eigenvalue weighted by atomic mass is 127. The molecule has 0 saturated carbocycles. The molecule has 1 aromatic heterocycles. The van der Waals surface area contributed by atoms with E-state index < -0.39 is 0 Å². The third-order valence-corrected chi connectivity index (χ3v) is 4.16. The van der Waals surface area contributed by atoms with Gasteiger partial charge in [0.15, 0.2) is 5.96 Å². The first-order valence-corrected chi connectivity index (χ1v) is 9.20. The van der Waals surface area contributed by atoms with Gasteiger partial charge >= 0.3 is 0 Å². The first-order valence-electron chi connectivity index (χ1n) is 9.20. The SMILES string of the molecule is CCNC(=NCCc1cccc(O)c1)N(C)Cc1cn(C)nc1C(C)C.I. The van der Waals surface area contributed by atoms with E-state index in [0.717, 1.165) is 36.7 Å². The van der Waals surface area contributed by atoms with E-state index in [1.807, 2.05) is 30.9 Å². The zero-order valence-corrected chi connectivity index (χ0v) is 19.3. The van der Waals surface area contributed by atoms with Crippen molar-refractivity contribution in [3.05, 3.63) is 47.3 Å². The van der Waals surface area contributed by atoms with E-state index in [1.165, 1.54) is 5.56 Å². The molecule has 0 amide bonds. The number of guanidine groups is 1. The quantitative estimate of drug-likeness (QED) is 0.358. The van der Waals surface area contributed by atoms with Crippen molar-refractivity contribution in [2.75, 3.05) is 20.1 Å². The summed E-state index contributed by atoms with van der Waals surface area (Å²) in [6, 6.07) is 7.35. The van der Waals surface area contributed by atoms with Gasteiger partial charge in [0.25, 0.3) is 0 Å². The minimum atomic E-state index is 0. The maximum absolute atomic E-state index is 9.57. The van der Waals surface area contributed by atoms with Crippen molar-refractivity contribution in [1.29, 1.82) is 0 Å². The molecule has 7 heteroatoms. The van der Waals surface area contributed by atoms with Gasteiger partial charge in [-0.2, -0.15) is 5.10 Å². The van der Waals surface area contributed by atoms with Crippen LogP contribution in [0.3, 0.4) is 0 Å². The highest BCUT2D eigenvalue weighted by Crippen LogP contribution is 2.18. The van der Waals surface area contributed by atoms with Gasteiger partial charge in [0, 0.05) is 45.5 Å². The number of hydrogen-bond donors (Lipinski definition) is 2. The Bertz CT molecular complexity index is 742. The van der Waals surface area contributed by atoms with Gasteiger partial charge in [0.1, 0.15) is 5.75 Å².